The molecular weight excluding hydrogens is 685 g/mol. The van der Waals surface area contributed by atoms with Gasteiger partial charge in [0, 0.05) is 25.9 Å². The zero-order valence-corrected chi connectivity index (χ0v) is 38.8. The van der Waals surface area contributed by atoms with Gasteiger partial charge in [0.05, 0.1) is 0 Å². The van der Waals surface area contributed by atoms with E-state index in [9.17, 15) is 9.59 Å². The fourth-order valence-corrected chi connectivity index (χ4v) is 8.32. The van der Waals surface area contributed by atoms with Crippen LogP contribution in [0, 0.1) is 0 Å². The lowest BCUT2D eigenvalue weighted by molar-refractivity contribution is -0.122. The van der Waals surface area contributed by atoms with Crippen LogP contribution in [-0.4, -0.2) is 24.9 Å². The molecule has 0 rings (SSSR count). The van der Waals surface area contributed by atoms with Crippen molar-refractivity contribution in [2.24, 2.45) is 0 Å². The van der Waals surface area contributed by atoms with Crippen LogP contribution in [0.5, 0.6) is 0 Å². The van der Waals surface area contributed by atoms with E-state index in [-0.39, 0.29) is 11.8 Å². The molecule has 0 aliphatic heterocycles. The Balaban J connectivity index is 3.23. The maximum atomic E-state index is 12.2. The van der Waals surface area contributed by atoms with E-state index in [0.29, 0.717) is 12.8 Å². The molecule has 0 aromatic rings. The maximum Gasteiger partial charge on any atom is 0.219 e. The van der Waals surface area contributed by atoms with Gasteiger partial charge in [0.15, 0.2) is 0 Å². The maximum absolute atomic E-state index is 12.2. The van der Waals surface area contributed by atoms with Crippen LogP contribution in [0.3, 0.4) is 0 Å². The zero-order chi connectivity index (χ0) is 40.5. The van der Waals surface area contributed by atoms with Crippen LogP contribution in [0.25, 0.3) is 0 Å². The minimum Gasteiger partial charge on any atom is -0.356 e. The van der Waals surface area contributed by atoms with E-state index >= 15 is 0 Å². The van der Waals surface area contributed by atoms with Crippen molar-refractivity contribution in [1.82, 2.24) is 10.6 Å². The second-order valence-electron chi connectivity index (χ2n) is 18.0. The van der Waals surface area contributed by atoms with E-state index in [2.05, 4.69) is 24.5 Å². The highest BCUT2D eigenvalue weighted by molar-refractivity contribution is 5.76. The molecular formula is C52H104N2O2. The Labute approximate surface area is 353 Å². The van der Waals surface area contributed by atoms with Crippen LogP contribution >= 0.6 is 0 Å². The first-order chi connectivity index (χ1) is 27.7. The van der Waals surface area contributed by atoms with E-state index in [0.717, 1.165) is 51.6 Å². The summed E-state index contributed by atoms with van der Waals surface area (Å²) >= 11 is 0. The van der Waals surface area contributed by atoms with Crippen molar-refractivity contribution in [3.05, 3.63) is 0 Å². The molecule has 0 saturated heterocycles. The van der Waals surface area contributed by atoms with Crippen molar-refractivity contribution in [3.8, 4) is 0 Å². The molecule has 0 aromatic carbocycles. The van der Waals surface area contributed by atoms with Crippen molar-refractivity contribution in [2.75, 3.05) is 13.1 Å². The number of carbonyl (C=O) groups excluding carboxylic acids is 2. The van der Waals surface area contributed by atoms with E-state index in [1.54, 1.807) is 0 Å². The van der Waals surface area contributed by atoms with Gasteiger partial charge >= 0.3 is 0 Å². The number of rotatable bonds is 49. The van der Waals surface area contributed by atoms with Crippen LogP contribution in [0.4, 0.5) is 0 Å². The molecule has 0 fully saturated rings. The molecule has 0 saturated carbocycles. The van der Waals surface area contributed by atoms with Crippen LogP contribution < -0.4 is 10.6 Å². The molecule has 0 aromatic heterocycles. The third-order valence-electron chi connectivity index (χ3n) is 12.3. The zero-order valence-electron chi connectivity index (χ0n) is 38.8. The summed E-state index contributed by atoms with van der Waals surface area (Å²) in [7, 11) is 0. The predicted octanol–water partition coefficient (Wildman–Crippen LogP) is 17.2. The SMILES string of the molecule is CCCCCCCCCCCCCCCCCCCCCCC(=O)NCCCCCCNC(=O)CCCCCCCCCCCCCCCCCCCCCC. The molecule has 0 heterocycles. The second kappa shape index (κ2) is 50.1. The summed E-state index contributed by atoms with van der Waals surface area (Å²) in [5.41, 5.74) is 0. The summed E-state index contributed by atoms with van der Waals surface area (Å²) in [5.74, 6) is 0.453. The van der Waals surface area contributed by atoms with Gasteiger partial charge in [-0.2, -0.15) is 0 Å². The topological polar surface area (TPSA) is 58.2 Å². The van der Waals surface area contributed by atoms with Crippen molar-refractivity contribution in [1.29, 1.82) is 0 Å². The molecule has 0 unspecified atom stereocenters. The number of amides is 2. The van der Waals surface area contributed by atoms with E-state index in [1.807, 2.05) is 0 Å². The van der Waals surface area contributed by atoms with E-state index in [1.165, 1.54) is 244 Å². The van der Waals surface area contributed by atoms with E-state index in [4.69, 9.17) is 0 Å². The fourth-order valence-electron chi connectivity index (χ4n) is 8.32. The van der Waals surface area contributed by atoms with Gasteiger partial charge in [-0.15, -0.1) is 0 Å². The van der Waals surface area contributed by atoms with Crippen LogP contribution in [0.1, 0.15) is 309 Å². The highest BCUT2D eigenvalue weighted by Crippen LogP contribution is 2.17. The van der Waals surface area contributed by atoms with Gasteiger partial charge in [-0.1, -0.05) is 271 Å². The molecule has 4 heteroatoms. The lowest BCUT2D eigenvalue weighted by Gasteiger charge is -2.07. The molecule has 334 valence electrons. The first-order valence-corrected chi connectivity index (χ1v) is 26.2. The molecule has 0 radical (unpaired) electrons. The summed E-state index contributed by atoms with van der Waals surface area (Å²) in [4.78, 5) is 24.3. The van der Waals surface area contributed by atoms with Gasteiger partial charge in [0.2, 0.25) is 11.8 Å². The smallest absolute Gasteiger partial charge is 0.219 e. The Kier molecular flexibility index (Phi) is 49.1. The molecule has 2 amide bonds. The lowest BCUT2D eigenvalue weighted by Crippen LogP contribution is -2.24. The number of nitrogens with one attached hydrogen (secondary N) is 2. The highest BCUT2D eigenvalue weighted by atomic mass is 16.2. The Morgan fingerprint density at radius 1 is 0.232 bits per heavy atom. The largest absolute Gasteiger partial charge is 0.356 e. The molecule has 2 N–H and O–H groups in total. The number of hydrogen-bond acceptors (Lipinski definition) is 2. The molecule has 4 nitrogen and oxygen atoms in total. The lowest BCUT2D eigenvalue weighted by atomic mass is 10.0. The number of hydrogen-bond donors (Lipinski definition) is 2. The number of carbonyl (C=O) groups is 2. The average molecular weight is 789 g/mol. The molecule has 0 aliphatic rings. The third kappa shape index (κ3) is 49.1. The molecule has 56 heavy (non-hydrogen) atoms. The van der Waals surface area contributed by atoms with Gasteiger partial charge in [-0.3, -0.25) is 9.59 Å². The van der Waals surface area contributed by atoms with Gasteiger partial charge in [0.1, 0.15) is 0 Å². The van der Waals surface area contributed by atoms with Gasteiger partial charge < -0.3 is 10.6 Å². The van der Waals surface area contributed by atoms with Crippen LogP contribution in [0.15, 0.2) is 0 Å². The molecule has 0 atom stereocenters. The van der Waals surface area contributed by atoms with Crippen LogP contribution in [0.2, 0.25) is 0 Å². The quantitative estimate of drug-likeness (QED) is 0.0603. The third-order valence-corrected chi connectivity index (χ3v) is 12.3. The Hall–Kier alpha value is -1.06. The Morgan fingerprint density at radius 3 is 0.589 bits per heavy atom. The summed E-state index contributed by atoms with van der Waals surface area (Å²) < 4.78 is 0. The Morgan fingerprint density at radius 2 is 0.393 bits per heavy atom. The first-order valence-electron chi connectivity index (χ1n) is 26.2. The second-order valence-corrected chi connectivity index (χ2v) is 18.0. The van der Waals surface area contributed by atoms with Gasteiger partial charge in [0.25, 0.3) is 0 Å². The van der Waals surface area contributed by atoms with E-state index < -0.39 is 0 Å². The summed E-state index contributed by atoms with van der Waals surface area (Å²) in [5, 5.41) is 6.22. The van der Waals surface area contributed by atoms with Crippen LogP contribution in [-0.2, 0) is 9.59 Å². The minimum atomic E-state index is 0.227. The molecule has 0 bridgehead atoms. The summed E-state index contributed by atoms with van der Waals surface area (Å²) in [6, 6.07) is 0. The monoisotopic (exact) mass is 789 g/mol. The van der Waals surface area contributed by atoms with Gasteiger partial charge in [-0.25, -0.2) is 0 Å². The standard InChI is InChI=1S/C52H104N2O2/c1-3-5-7-9-11-13-15-17-19-21-23-25-27-29-31-33-35-37-39-43-47-51(55)53-49-45-41-42-46-50-54-52(56)48-44-40-38-36-34-32-30-28-26-24-22-20-18-16-14-12-10-8-6-4-2/h3-50H2,1-2H3,(H,53,55)(H,54,56). The fraction of sp³-hybridized carbons (Fsp3) is 0.962. The summed E-state index contributed by atoms with van der Waals surface area (Å²) in [6.07, 6.45) is 61.1. The van der Waals surface area contributed by atoms with Crippen molar-refractivity contribution in [2.45, 2.75) is 309 Å². The molecule has 0 spiro atoms. The normalized spacial score (nSPS) is 11.4. The van der Waals surface area contributed by atoms with Crippen molar-refractivity contribution in [3.63, 3.8) is 0 Å². The van der Waals surface area contributed by atoms with Gasteiger partial charge in [-0.05, 0) is 25.7 Å². The molecule has 0 aliphatic carbocycles. The number of unbranched alkanes of at least 4 members (excludes halogenated alkanes) is 41. The first kappa shape index (κ1) is 54.9. The van der Waals surface area contributed by atoms with Crippen molar-refractivity contribution < 1.29 is 9.59 Å². The Bertz CT molecular complexity index is 693. The predicted molar refractivity (Wildman–Crippen MR) is 250 cm³/mol. The minimum absolute atomic E-state index is 0.227. The average Bonchev–Trinajstić information content (AvgIpc) is 3.20. The van der Waals surface area contributed by atoms with Crippen molar-refractivity contribution >= 4 is 11.8 Å². The summed E-state index contributed by atoms with van der Waals surface area (Å²) in [6.45, 7) is 6.18. The highest BCUT2D eigenvalue weighted by Gasteiger charge is 2.03.